The summed E-state index contributed by atoms with van der Waals surface area (Å²) in [6.07, 6.45) is 5.05. The maximum atomic E-state index is 12.6. The number of nitrogens with one attached hydrogen (secondary N) is 1. The molecule has 9 nitrogen and oxygen atoms in total. The van der Waals surface area contributed by atoms with Gasteiger partial charge in [0.1, 0.15) is 18.0 Å². The maximum absolute atomic E-state index is 12.6. The molecular formula is C19H24N6O3. The number of nitrogens with two attached hydrogens (primary N) is 1. The minimum Gasteiger partial charge on any atom is -0.446 e. The van der Waals surface area contributed by atoms with Gasteiger partial charge in [-0.1, -0.05) is 0 Å². The molecule has 0 saturated carbocycles. The predicted octanol–water partition coefficient (Wildman–Crippen LogP) is 1.65. The number of hydrogen-bond donors (Lipinski definition) is 2. The van der Waals surface area contributed by atoms with E-state index in [2.05, 4.69) is 10.3 Å². The van der Waals surface area contributed by atoms with Crippen LogP contribution in [0, 0.1) is 11.3 Å². The lowest BCUT2D eigenvalue weighted by Crippen LogP contribution is -2.51. The second-order valence-electron chi connectivity index (χ2n) is 7.73. The lowest BCUT2D eigenvalue weighted by Gasteiger charge is -2.37. The average molecular weight is 384 g/mol. The Bertz CT molecular complexity index is 778. The summed E-state index contributed by atoms with van der Waals surface area (Å²) in [6, 6.07) is 5.42. The Morgan fingerprint density at radius 3 is 2.61 bits per heavy atom. The average Bonchev–Trinajstić information content (AvgIpc) is 3.25. The molecule has 0 spiro atoms. The summed E-state index contributed by atoms with van der Waals surface area (Å²) in [5.74, 6) is 0.689. The number of likely N-dealkylation sites (tertiary alicyclic amines) is 1. The van der Waals surface area contributed by atoms with Crippen molar-refractivity contribution in [1.29, 1.82) is 5.26 Å². The van der Waals surface area contributed by atoms with Gasteiger partial charge in [-0.2, -0.15) is 5.26 Å². The number of carbonyl (C=O) groups excluding carboxylic acids is 2. The highest BCUT2D eigenvalue weighted by Gasteiger charge is 2.44. The maximum Gasteiger partial charge on any atom is 0.410 e. The van der Waals surface area contributed by atoms with Crippen molar-refractivity contribution in [2.24, 2.45) is 5.73 Å². The van der Waals surface area contributed by atoms with Crippen molar-refractivity contribution in [1.82, 2.24) is 14.8 Å². The van der Waals surface area contributed by atoms with E-state index in [0.717, 1.165) is 19.3 Å². The van der Waals surface area contributed by atoms with Gasteiger partial charge < -0.3 is 25.6 Å². The standard InChI is InChI=1S/C19H24N6O3/c20-9-12-1-4-17(22-10-12)23-13-5-6-24(11-13)19(27)28-16-7-14-2-3-15(8-16)25(14)18(21)26/h1,4,10,13-16H,2-3,5-8,11H2,(H2,21,26)(H,22,23)/t13-,14-,15+,16?/m1/s1. The van der Waals surface area contributed by atoms with Gasteiger partial charge in [0.25, 0.3) is 0 Å². The van der Waals surface area contributed by atoms with Crippen LogP contribution >= 0.6 is 0 Å². The molecule has 9 heteroatoms. The van der Waals surface area contributed by atoms with Gasteiger partial charge in [-0.25, -0.2) is 14.6 Å². The number of carbonyl (C=O) groups is 2. The highest BCUT2D eigenvalue weighted by molar-refractivity contribution is 5.73. The van der Waals surface area contributed by atoms with E-state index < -0.39 is 0 Å². The van der Waals surface area contributed by atoms with E-state index in [4.69, 9.17) is 15.7 Å². The zero-order valence-electron chi connectivity index (χ0n) is 15.6. The van der Waals surface area contributed by atoms with Gasteiger partial charge in [-0.15, -0.1) is 0 Å². The fourth-order valence-corrected chi connectivity index (χ4v) is 4.60. The summed E-state index contributed by atoms with van der Waals surface area (Å²) in [4.78, 5) is 31.8. The number of pyridine rings is 1. The number of rotatable bonds is 3. The van der Waals surface area contributed by atoms with Crippen molar-refractivity contribution in [3.63, 3.8) is 0 Å². The monoisotopic (exact) mass is 384 g/mol. The third-order valence-electron chi connectivity index (χ3n) is 5.90. The predicted molar refractivity (Wildman–Crippen MR) is 100 cm³/mol. The van der Waals surface area contributed by atoms with Crippen LogP contribution < -0.4 is 11.1 Å². The van der Waals surface area contributed by atoms with Crippen LogP contribution in [0.15, 0.2) is 18.3 Å². The molecule has 3 aliphatic heterocycles. The fraction of sp³-hybridized carbons (Fsp3) is 0.579. The number of nitriles is 1. The third-order valence-corrected chi connectivity index (χ3v) is 5.90. The first-order valence-corrected chi connectivity index (χ1v) is 9.69. The molecule has 3 fully saturated rings. The molecule has 1 unspecified atom stereocenters. The molecule has 2 bridgehead atoms. The van der Waals surface area contributed by atoms with Crippen LogP contribution in [0.4, 0.5) is 15.4 Å². The van der Waals surface area contributed by atoms with E-state index in [1.807, 2.05) is 6.07 Å². The highest BCUT2D eigenvalue weighted by atomic mass is 16.6. The van der Waals surface area contributed by atoms with Gasteiger partial charge >= 0.3 is 12.1 Å². The third kappa shape index (κ3) is 3.67. The summed E-state index contributed by atoms with van der Waals surface area (Å²) in [7, 11) is 0. The molecule has 3 saturated heterocycles. The van der Waals surface area contributed by atoms with Gasteiger partial charge in [-0.3, -0.25) is 0 Å². The highest BCUT2D eigenvalue weighted by Crippen LogP contribution is 2.36. The lowest BCUT2D eigenvalue weighted by molar-refractivity contribution is 0.0187. The van der Waals surface area contributed by atoms with E-state index in [1.165, 1.54) is 6.20 Å². The fourth-order valence-electron chi connectivity index (χ4n) is 4.60. The molecule has 1 aromatic heterocycles. The number of anilines is 1. The van der Waals surface area contributed by atoms with E-state index in [-0.39, 0.29) is 36.4 Å². The van der Waals surface area contributed by atoms with Gasteiger partial charge in [0.05, 0.1) is 5.56 Å². The van der Waals surface area contributed by atoms with E-state index in [1.54, 1.807) is 21.9 Å². The lowest BCUT2D eigenvalue weighted by atomic mass is 10.0. The van der Waals surface area contributed by atoms with Gasteiger partial charge in [0.2, 0.25) is 0 Å². The summed E-state index contributed by atoms with van der Waals surface area (Å²) >= 11 is 0. The topological polar surface area (TPSA) is 125 Å². The van der Waals surface area contributed by atoms with Crippen molar-refractivity contribution in [2.45, 2.75) is 56.3 Å². The van der Waals surface area contributed by atoms with Crippen molar-refractivity contribution in [3.8, 4) is 6.07 Å². The number of piperidine rings is 1. The van der Waals surface area contributed by atoms with Crippen molar-refractivity contribution in [2.75, 3.05) is 18.4 Å². The minimum absolute atomic E-state index is 0.0875. The molecule has 3 aliphatic rings. The second kappa shape index (κ2) is 7.54. The largest absolute Gasteiger partial charge is 0.446 e. The van der Waals surface area contributed by atoms with E-state index in [0.29, 0.717) is 37.3 Å². The Morgan fingerprint density at radius 2 is 2.00 bits per heavy atom. The van der Waals surface area contributed by atoms with Crippen molar-refractivity contribution in [3.05, 3.63) is 23.9 Å². The molecule has 4 atom stereocenters. The van der Waals surface area contributed by atoms with Crippen LogP contribution in [0.1, 0.15) is 37.7 Å². The number of amides is 3. The molecular weight excluding hydrogens is 360 g/mol. The molecule has 1 aromatic rings. The normalized spacial score (nSPS) is 28.7. The first-order chi connectivity index (χ1) is 13.5. The molecule has 3 N–H and O–H groups in total. The Kier molecular flexibility index (Phi) is 4.94. The first kappa shape index (κ1) is 18.3. The van der Waals surface area contributed by atoms with Crippen LogP contribution in [0.5, 0.6) is 0 Å². The zero-order valence-corrected chi connectivity index (χ0v) is 15.6. The second-order valence-corrected chi connectivity index (χ2v) is 7.73. The molecule has 4 rings (SSSR count). The summed E-state index contributed by atoms with van der Waals surface area (Å²) in [6.45, 7) is 1.17. The van der Waals surface area contributed by atoms with E-state index in [9.17, 15) is 9.59 Å². The minimum atomic E-state index is -0.373. The van der Waals surface area contributed by atoms with Crippen LogP contribution in [0.25, 0.3) is 0 Å². The molecule has 0 aliphatic carbocycles. The molecule has 28 heavy (non-hydrogen) atoms. The SMILES string of the molecule is N#Cc1ccc(N[C@@H]2CCN(C(=O)OC3C[C@H]4CC[C@@H](C3)N4C(N)=O)C2)nc1. The Hall–Kier alpha value is -3.02. The van der Waals surface area contributed by atoms with Crippen molar-refractivity contribution >= 4 is 17.9 Å². The Balaban J connectivity index is 1.27. The quantitative estimate of drug-likeness (QED) is 0.816. The number of hydrogen-bond acceptors (Lipinski definition) is 6. The molecule has 3 amide bonds. The first-order valence-electron chi connectivity index (χ1n) is 9.69. The van der Waals surface area contributed by atoms with Crippen LogP contribution in [-0.2, 0) is 4.74 Å². The number of primary amides is 1. The Labute approximate surface area is 163 Å². The smallest absolute Gasteiger partial charge is 0.410 e. The number of urea groups is 1. The van der Waals surface area contributed by atoms with Crippen molar-refractivity contribution < 1.29 is 14.3 Å². The van der Waals surface area contributed by atoms with Crippen LogP contribution in [0.2, 0.25) is 0 Å². The van der Waals surface area contributed by atoms with Crippen LogP contribution in [0.3, 0.4) is 0 Å². The van der Waals surface area contributed by atoms with E-state index >= 15 is 0 Å². The molecule has 148 valence electrons. The molecule has 0 radical (unpaired) electrons. The number of aromatic nitrogens is 1. The number of nitrogens with zero attached hydrogens (tertiary/aromatic N) is 4. The van der Waals surface area contributed by atoms with Gasteiger partial charge in [-0.05, 0) is 31.4 Å². The van der Waals surface area contributed by atoms with Gasteiger partial charge in [0, 0.05) is 50.3 Å². The molecule has 4 heterocycles. The Morgan fingerprint density at radius 1 is 1.25 bits per heavy atom. The van der Waals surface area contributed by atoms with Crippen LogP contribution in [-0.4, -0.2) is 64.2 Å². The molecule has 0 aromatic carbocycles. The summed E-state index contributed by atoms with van der Waals surface area (Å²) in [5.41, 5.74) is 5.98. The summed E-state index contributed by atoms with van der Waals surface area (Å²) < 4.78 is 5.74. The summed E-state index contributed by atoms with van der Waals surface area (Å²) in [5, 5.41) is 12.1. The van der Waals surface area contributed by atoms with Gasteiger partial charge in [0.15, 0.2) is 0 Å². The number of fused-ring (bicyclic) bond motifs is 2. The number of ether oxygens (including phenoxy) is 1. The zero-order chi connectivity index (χ0) is 19.7.